The van der Waals surface area contributed by atoms with Crippen molar-refractivity contribution in [3.63, 3.8) is 0 Å². The summed E-state index contributed by atoms with van der Waals surface area (Å²) in [6.45, 7) is 5.50. The van der Waals surface area contributed by atoms with Crippen molar-refractivity contribution in [2.45, 2.75) is 26.3 Å². The number of hydrogen-bond donors (Lipinski definition) is 1. The van der Waals surface area contributed by atoms with Gasteiger partial charge in [-0.05, 0) is 36.6 Å². The maximum atomic E-state index is 5.14. The highest BCUT2D eigenvalue weighted by atomic mass is 79.9. The van der Waals surface area contributed by atoms with E-state index in [0.29, 0.717) is 12.0 Å². The standard InChI is InChI=1S/C14H22BrNO/c1-11(2)14(10-15)16-9-8-12-4-6-13(17-3)7-5-12/h4-7,11,14,16H,8-10H2,1-3H3. The van der Waals surface area contributed by atoms with Gasteiger partial charge in [0.1, 0.15) is 5.75 Å². The smallest absolute Gasteiger partial charge is 0.118 e. The first kappa shape index (κ1) is 14.5. The predicted octanol–water partition coefficient (Wildman–Crippen LogP) is 3.25. The topological polar surface area (TPSA) is 21.3 Å². The lowest BCUT2D eigenvalue weighted by Gasteiger charge is -2.19. The molecule has 0 amide bonds. The zero-order chi connectivity index (χ0) is 12.7. The van der Waals surface area contributed by atoms with E-state index in [9.17, 15) is 0 Å². The zero-order valence-corrected chi connectivity index (χ0v) is 12.5. The molecule has 0 saturated carbocycles. The molecule has 0 bridgehead atoms. The lowest BCUT2D eigenvalue weighted by Crippen LogP contribution is -2.36. The molecule has 96 valence electrons. The molecular formula is C14H22BrNO. The van der Waals surface area contributed by atoms with Crippen LogP contribution in [0.5, 0.6) is 5.75 Å². The van der Waals surface area contributed by atoms with Gasteiger partial charge in [0, 0.05) is 11.4 Å². The summed E-state index contributed by atoms with van der Waals surface area (Å²) in [6, 6.07) is 8.82. The van der Waals surface area contributed by atoms with E-state index >= 15 is 0 Å². The van der Waals surface area contributed by atoms with E-state index in [1.54, 1.807) is 7.11 Å². The maximum Gasteiger partial charge on any atom is 0.118 e. The van der Waals surface area contributed by atoms with Crippen molar-refractivity contribution in [3.8, 4) is 5.75 Å². The molecule has 0 aliphatic rings. The molecule has 1 atom stereocenters. The van der Waals surface area contributed by atoms with Crippen LogP contribution in [-0.4, -0.2) is 25.0 Å². The van der Waals surface area contributed by atoms with Crippen LogP contribution in [0.15, 0.2) is 24.3 Å². The number of methoxy groups -OCH3 is 1. The lowest BCUT2D eigenvalue weighted by atomic mass is 10.1. The predicted molar refractivity (Wildman–Crippen MR) is 77.1 cm³/mol. The Morgan fingerprint density at radius 1 is 1.24 bits per heavy atom. The summed E-state index contributed by atoms with van der Waals surface area (Å²) in [4.78, 5) is 0. The average molecular weight is 300 g/mol. The first-order valence-electron chi connectivity index (χ1n) is 6.09. The van der Waals surface area contributed by atoms with Crippen molar-refractivity contribution in [2.75, 3.05) is 19.0 Å². The molecule has 0 radical (unpaired) electrons. The van der Waals surface area contributed by atoms with Gasteiger partial charge in [-0.1, -0.05) is 41.9 Å². The third-order valence-corrected chi connectivity index (χ3v) is 3.65. The Bertz CT molecular complexity index is 311. The minimum Gasteiger partial charge on any atom is -0.497 e. The first-order chi connectivity index (χ1) is 8.17. The van der Waals surface area contributed by atoms with Crippen LogP contribution in [-0.2, 0) is 6.42 Å². The van der Waals surface area contributed by atoms with Gasteiger partial charge in [0.15, 0.2) is 0 Å². The molecule has 2 nitrogen and oxygen atoms in total. The number of rotatable bonds is 7. The fourth-order valence-electron chi connectivity index (χ4n) is 1.66. The highest BCUT2D eigenvalue weighted by Crippen LogP contribution is 2.11. The summed E-state index contributed by atoms with van der Waals surface area (Å²) in [5.74, 6) is 1.58. The van der Waals surface area contributed by atoms with Gasteiger partial charge in [-0.15, -0.1) is 0 Å². The summed E-state index contributed by atoms with van der Waals surface area (Å²) in [6.07, 6.45) is 1.06. The molecule has 0 aromatic heterocycles. The summed E-state index contributed by atoms with van der Waals surface area (Å²) in [7, 11) is 1.69. The molecule has 0 aliphatic carbocycles. The Hall–Kier alpha value is -0.540. The van der Waals surface area contributed by atoms with E-state index in [1.807, 2.05) is 12.1 Å². The summed E-state index contributed by atoms with van der Waals surface area (Å²) in [5.41, 5.74) is 1.34. The number of halogens is 1. The highest BCUT2D eigenvalue weighted by molar-refractivity contribution is 9.09. The van der Waals surface area contributed by atoms with Crippen molar-refractivity contribution < 1.29 is 4.74 Å². The maximum absolute atomic E-state index is 5.14. The second kappa shape index (κ2) is 7.72. The molecular weight excluding hydrogens is 278 g/mol. The Kier molecular flexibility index (Phi) is 6.60. The van der Waals surface area contributed by atoms with Crippen LogP contribution in [0.4, 0.5) is 0 Å². The third-order valence-electron chi connectivity index (χ3n) is 2.95. The SMILES string of the molecule is COc1ccc(CCNC(CBr)C(C)C)cc1. The van der Waals surface area contributed by atoms with Crippen LogP contribution in [0.1, 0.15) is 19.4 Å². The Balaban J connectivity index is 2.34. The molecule has 0 spiro atoms. The monoisotopic (exact) mass is 299 g/mol. The van der Waals surface area contributed by atoms with Crippen molar-refractivity contribution in [1.82, 2.24) is 5.32 Å². The summed E-state index contributed by atoms with van der Waals surface area (Å²) < 4.78 is 5.14. The van der Waals surface area contributed by atoms with Crippen LogP contribution >= 0.6 is 15.9 Å². The van der Waals surface area contributed by atoms with Crippen LogP contribution in [0.3, 0.4) is 0 Å². The normalized spacial score (nSPS) is 12.8. The van der Waals surface area contributed by atoms with Gasteiger partial charge in [-0.3, -0.25) is 0 Å². The number of hydrogen-bond acceptors (Lipinski definition) is 2. The van der Waals surface area contributed by atoms with Gasteiger partial charge in [0.25, 0.3) is 0 Å². The quantitative estimate of drug-likeness (QED) is 0.781. The Morgan fingerprint density at radius 3 is 2.35 bits per heavy atom. The van der Waals surface area contributed by atoms with E-state index in [2.05, 4.69) is 47.2 Å². The molecule has 0 saturated heterocycles. The molecule has 1 N–H and O–H groups in total. The molecule has 0 heterocycles. The van der Waals surface area contributed by atoms with Crippen LogP contribution in [0, 0.1) is 5.92 Å². The molecule has 1 rings (SSSR count). The Morgan fingerprint density at radius 2 is 1.88 bits per heavy atom. The van der Waals surface area contributed by atoms with E-state index in [-0.39, 0.29) is 0 Å². The average Bonchev–Trinajstić information content (AvgIpc) is 2.35. The van der Waals surface area contributed by atoms with E-state index in [0.717, 1.165) is 24.0 Å². The summed E-state index contributed by atoms with van der Waals surface area (Å²) >= 11 is 3.54. The number of ether oxygens (including phenoxy) is 1. The molecule has 3 heteroatoms. The van der Waals surface area contributed by atoms with Gasteiger partial charge in [-0.25, -0.2) is 0 Å². The number of benzene rings is 1. The third kappa shape index (κ3) is 5.09. The highest BCUT2D eigenvalue weighted by Gasteiger charge is 2.09. The van der Waals surface area contributed by atoms with E-state index in [1.165, 1.54) is 5.56 Å². The Labute approximate surface area is 113 Å². The summed E-state index contributed by atoms with van der Waals surface area (Å²) in [5, 5.41) is 4.58. The second-order valence-electron chi connectivity index (χ2n) is 4.56. The molecule has 1 aromatic carbocycles. The van der Waals surface area contributed by atoms with E-state index in [4.69, 9.17) is 4.74 Å². The van der Waals surface area contributed by atoms with Crippen LogP contribution in [0.25, 0.3) is 0 Å². The zero-order valence-electron chi connectivity index (χ0n) is 10.9. The van der Waals surface area contributed by atoms with E-state index < -0.39 is 0 Å². The van der Waals surface area contributed by atoms with Crippen molar-refractivity contribution in [1.29, 1.82) is 0 Å². The molecule has 1 unspecified atom stereocenters. The molecule has 0 fully saturated rings. The minimum atomic E-state index is 0.549. The molecule has 1 aromatic rings. The van der Waals surface area contributed by atoms with Crippen molar-refractivity contribution in [2.24, 2.45) is 5.92 Å². The number of nitrogens with one attached hydrogen (secondary N) is 1. The minimum absolute atomic E-state index is 0.549. The lowest BCUT2D eigenvalue weighted by molar-refractivity contribution is 0.414. The fraction of sp³-hybridized carbons (Fsp3) is 0.571. The molecule has 17 heavy (non-hydrogen) atoms. The van der Waals surface area contributed by atoms with Gasteiger partial charge >= 0.3 is 0 Å². The van der Waals surface area contributed by atoms with Crippen molar-refractivity contribution in [3.05, 3.63) is 29.8 Å². The number of alkyl halides is 1. The second-order valence-corrected chi connectivity index (χ2v) is 5.20. The van der Waals surface area contributed by atoms with Crippen LogP contribution in [0.2, 0.25) is 0 Å². The fourth-order valence-corrected chi connectivity index (χ4v) is 2.64. The molecule has 0 aliphatic heterocycles. The van der Waals surface area contributed by atoms with Gasteiger partial charge in [0.05, 0.1) is 7.11 Å². The van der Waals surface area contributed by atoms with Gasteiger partial charge in [-0.2, -0.15) is 0 Å². The largest absolute Gasteiger partial charge is 0.497 e. The first-order valence-corrected chi connectivity index (χ1v) is 7.21. The van der Waals surface area contributed by atoms with Gasteiger partial charge < -0.3 is 10.1 Å². The van der Waals surface area contributed by atoms with Crippen LogP contribution < -0.4 is 10.1 Å². The van der Waals surface area contributed by atoms with Gasteiger partial charge in [0.2, 0.25) is 0 Å². The van der Waals surface area contributed by atoms with Crippen molar-refractivity contribution >= 4 is 15.9 Å².